The van der Waals surface area contributed by atoms with Crippen LogP contribution in [0, 0.1) is 28.6 Å². The van der Waals surface area contributed by atoms with E-state index in [9.17, 15) is 24.3 Å². The molecule has 2 fully saturated rings. The Kier molecular flexibility index (Phi) is 9.11. The number of hydrogen-bond donors (Lipinski definition) is 1. The van der Waals surface area contributed by atoms with Crippen LogP contribution in [0.5, 0.6) is 5.75 Å². The zero-order chi connectivity index (χ0) is 33.6. The minimum absolute atomic E-state index is 0.00965. The van der Waals surface area contributed by atoms with Gasteiger partial charge in [-0.1, -0.05) is 41.5 Å². The van der Waals surface area contributed by atoms with Gasteiger partial charge in [-0.15, -0.1) is 0 Å². The lowest BCUT2D eigenvalue weighted by Gasteiger charge is -2.66. The Bertz CT molecular complexity index is 1540. The van der Waals surface area contributed by atoms with Crippen molar-refractivity contribution in [3.63, 3.8) is 0 Å². The normalized spacial score (nSPS) is 33.1. The van der Waals surface area contributed by atoms with Gasteiger partial charge in [-0.05, 0) is 49.7 Å². The molecule has 1 aliphatic heterocycles. The van der Waals surface area contributed by atoms with Crippen molar-refractivity contribution in [3.05, 3.63) is 46.6 Å². The second kappa shape index (κ2) is 12.5. The molecule has 46 heavy (non-hydrogen) atoms. The third kappa shape index (κ3) is 5.60. The maximum Gasteiger partial charge on any atom is 0.345 e. The van der Waals surface area contributed by atoms with Gasteiger partial charge in [-0.2, -0.15) is 0 Å². The first-order chi connectivity index (χ1) is 21.7. The molecular weight excluding hydrogens is 594 g/mol. The van der Waals surface area contributed by atoms with Crippen LogP contribution in [-0.2, 0) is 28.6 Å². The SMILES string of the molecule is CCC(=O)OCC1(C)[C@@H](OC(=O)CC)CC[C@]2(C)[C@H]3[C@@H](O)c4c(cc(-c5cccnc5)oc4=O)O[C@]3(C)[C@@H](OC(=O)C(C)C)C[C@@H]12. The summed E-state index contributed by atoms with van der Waals surface area (Å²) >= 11 is 0. The standard InChI is InChI=1S/C35H45NO10/c1-8-26(37)42-18-34(6)23-16-25(45-31(40)19(3)4)35(7)30(33(23,5)13-12-24(34)44-27(38)9-2)29(39)28-22(46-35)15-21(43-32(28)41)20-11-10-14-36-17-20/h10-11,14-15,17,19,23-25,29-30,39H,8-9,12-13,16,18H2,1-7H3/t23-,24+,25+,29+,30-,33+,34?,35-/m1/s1. The molecule has 3 aliphatic rings. The summed E-state index contributed by atoms with van der Waals surface area (Å²) in [6, 6.07) is 5.04. The average Bonchev–Trinajstić information content (AvgIpc) is 3.02. The number of aliphatic hydroxyl groups is 1. The van der Waals surface area contributed by atoms with E-state index in [4.69, 9.17) is 23.4 Å². The van der Waals surface area contributed by atoms with E-state index in [0.717, 1.165) is 0 Å². The highest BCUT2D eigenvalue weighted by atomic mass is 16.6. The van der Waals surface area contributed by atoms with E-state index in [1.54, 1.807) is 58.3 Å². The Morgan fingerprint density at radius 3 is 2.43 bits per heavy atom. The fourth-order valence-corrected chi connectivity index (χ4v) is 8.24. The summed E-state index contributed by atoms with van der Waals surface area (Å²) in [7, 11) is 0. The summed E-state index contributed by atoms with van der Waals surface area (Å²) in [5.41, 5.74) is -3.12. The van der Waals surface area contributed by atoms with Crippen LogP contribution in [0.15, 0.2) is 39.8 Å². The molecule has 8 atom stereocenters. The first-order valence-electron chi connectivity index (χ1n) is 16.2. The summed E-state index contributed by atoms with van der Waals surface area (Å²) < 4.78 is 30.4. The van der Waals surface area contributed by atoms with Crippen LogP contribution in [0.1, 0.15) is 92.2 Å². The second-order valence-electron chi connectivity index (χ2n) is 13.9. The Morgan fingerprint density at radius 1 is 1.09 bits per heavy atom. The number of carbonyl (C=O) groups excluding carboxylic acids is 3. The second-order valence-corrected chi connectivity index (χ2v) is 13.9. The molecule has 3 heterocycles. The summed E-state index contributed by atoms with van der Waals surface area (Å²) in [5, 5.41) is 12.2. The molecule has 1 N–H and O–H groups in total. The van der Waals surface area contributed by atoms with Crippen LogP contribution in [0.4, 0.5) is 0 Å². The van der Waals surface area contributed by atoms with Gasteiger partial charge in [0, 0.05) is 48.2 Å². The van der Waals surface area contributed by atoms with E-state index in [1.165, 1.54) is 0 Å². The van der Waals surface area contributed by atoms with Crippen molar-refractivity contribution in [2.45, 2.75) is 104 Å². The lowest BCUT2D eigenvalue weighted by molar-refractivity contribution is -0.272. The highest BCUT2D eigenvalue weighted by Gasteiger charge is 2.71. The monoisotopic (exact) mass is 639 g/mol. The van der Waals surface area contributed by atoms with Crippen molar-refractivity contribution in [2.75, 3.05) is 6.61 Å². The van der Waals surface area contributed by atoms with Gasteiger partial charge in [0.15, 0.2) is 0 Å². The highest BCUT2D eigenvalue weighted by Crippen LogP contribution is 2.67. The van der Waals surface area contributed by atoms with Gasteiger partial charge < -0.3 is 28.5 Å². The first kappa shape index (κ1) is 33.6. The largest absolute Gasteiger partial charge is 0.482 e. The molecule has 250 valence electrons. The van der Waals surface area contributed by atoms with Gasteiger partial charge in [0.1, 0.15) is 41.5 Å². The van der Waals surface area contributed by atoms with Crippen LogP contribution < -0.4 is 10.4 Å². The molecule has 11 heteroatoms. The molecule has 2 aromatic heterocycles. The zero-order valence-corrected chi connectivity index (χ0v) is 27.7. The van der Waals surface area contributed by atoms with Crippen molar-refractivity contribution >= 4 is 17.9 Å². The number of fused-ring (bicyclic) bond motifs is 4. The fourth-order valence-electron chi connectivity index (χ4n) is 8.24. The van der Waals surface area contributed by atoms with Crippen molar-refractivity contribution in [3.8, 4) is 17.1 Å². The Balaban J connectivity index is 1.66. The third-order valence-electron chi connectivity index (χ3n) is 10.7. The predicted octanol–water partition coefficient (Wildman–Crippen LogP) is 5.17. The van der Waals surface area contributed by atoms with Crippen LogP contribution in [0.3, 0.4) is 0 Å². The molecule has 0 bridgehead atoms. The fraction of sp³-hybridized carbons (Fsp3) is 0.629. The van der Waals surface area contributed by atoms with E-state index < -0.39 is 70.1 Å². The Morgan fingerprint density at radius 2 is 1.80 bits per heavy atom. The van der Waals surface area contributed by atoms with Crippen molar-refractivity contribution < 1.29 is 42.9 Å². The van der Waals surface area contributed by atoms with Crippen LogP contribution >= 0.6 is 0 Å². The van der Waals surface area contributed by atoms with E-state index in [0.29, 0.717) is 18.4 Å². The topological polar surface area (TPSA) is 151 Å². The molecule has 0 amide bonds. The van der Waals surface area contributed by atoms with Crippen LogP contribution in [0.2, 0.25) is 0 Å². The molecule has 0 aromatic carbocycles. The number of carbonyl (C=O) groups is 3. The smallest absolute Gasteiger partial charge is 0.345 e. The molecule has 11 nitrogen and oxygen atoms in total. The van der Waals surface area contributed by atoms with Crippen molar-refractivity contribution in [1.29, 1.82) is 0 Å². The number of esters is 3. The number of aromatic nitrogens is 1. The number of hydrogen-bond acceptors (Lipinski definition) is 11. The van der Waals surface area contributed by atoms with Crippen molar-refractivity contribution in [2.24, 2.45) is 28.6 Å². The summed E-state index contributed by atoms with van der Waals surface area (Å²) in [4.78, 5) is 55.9. The lowest BCUT2D eigenvalue weighted by atomic mass is 9.42. The quantitative estimate of drug-likeness (QED) is 0.301. The third-order valence-corrected chi connectivity index (χ3v) is 10.7. The van der Waals surface area contributed by atoms with Crippen LogP contribution in [-0.4, -0.2) is 52.4 Å². The van der Waals surface area contributed by atoms with E-state index >= 15 is 0 Å². The minimum atomic E-state index is -1.35. The summed E-state index contributed by atoms with van der Waals surface area (Å²) in [6.45, 7) is 12.6. The van der Waals surface area contributed by atoms with E-state index in [1.807, 2.05) is 20.8 Å². The molecule has 0 radical (unpaired) electrons. The Labute approximate surface area is 269 Å². The molecule has 2 aromatic rings. The maximum absolute atomic E-state index is 13.6. The molecule has 2 saturated carbocycles. The summed E-state index contributed by atoms with van der Waals surface area (Å²) in [5.74, 6) is -2.42. The predicted molar refractivity (Wildman–Crippen MR) is 165 cm³/mol. The van der Waals surface area contributed by atoms with Gasteiger partial charge in [-0.3, -0.25) is 19.4 Å². The minimum Gasteiger partial charge on any atom is -0.482 e. The number of aliphatic hydroxyl groups excluding tert-OH is 1. The number of nitrogens with zero attached hydrogens (tertiary/aromatic N) is 1. The van der Waals surface area contributed by atoms with Crippen LogP contribution in [0.25, 0.3) is 11.3 Å². The number of rotatable bonds is 8. The zero-order valence-electron chi connectivity index (χ0n) is 27.7. The molecule has 0 spiro atoms. The van der Waals surface area contributed by atoms with Gasteiger partial charge in [0.05, 0.1) is 12.0 Å². The molecule has 1 unspecified atom stereocenters. The lowest BCUT2D eigenvalue weighted by Crippen LogP contribution is -2.71. The molecule has 0 saturated heterocycles. The number of pyridine rings is 1. The molecule has 5 rings (SSSR count). The summed E-state index contributed by atoms with van der Waals surface area (Å²) in [6.07, 6.45) is 1.90. The van der Waals surface area contributed by atoms with Gasteiger partial charge in [0.25, 0.3) is 0 Å². The van der Waals surface area contributed by atoms with E-state index in [-0.39, 0.29) is 48.9 Å². The molecule has 2 aliphatic carbocycles. The Hall–Kier alpha value is -3.73. The van der Waals surface area contributed by atoms with Crippen molar-refractivity contribution in [1.82, 2.24) is 4.98 Å². The maximum atomic E-state index is 13.6. The molecular formula is C35H45NO10. The number of ether oxygens (including phenoxy) is 4. The van der Waals surface area contributed by atoms with Gasteiger partial charge in [-0.25, -0.2) is 4.79 Å². The highest BCUT2D eigenvalue weighted by molar-refractivity contribution is 5.72. The average molecular weight is 640 g/mol. The van der Waals surface area contributed by atoms with E-state index in [2.05, 4.69) is 4.98 Å². The van der Waals surface area contributed by atoms with Gasteiger partial charge in [0.2, 0.25) is 0 Å². The first-order valence-corrected chi connectivity index (χ1v) is 16.2. The van der Waals surface area contributed by atoms with Gasteiger partial charge >= 0.3 is 23.5 Å².